The minimum Gasteiger partial charge on any atom is -0.379 e. The van der Waals surface area contributed by atoms with E-state index in [0.717, 1.165) is 19.6 Å². The monoisotopic (exact) mass is 203 g/mol. The summed E-state index contributed by atoms with van der Waals surface area (Å²) in [6.07, 6.45) is 1.16. The number of hydrogen-bond acceptors (Lipinski definition) is 3. The Labute approximate surface area is 88.2 Å². The molecule has 0 aromatic heterocycles. The molecule has 0 saturated heterocycles. The molecule has 0 fully saturated rings. The maximum atomic E-state index is 5.94. The summed E-state index contributed by atoms with van der Waals surface area (Å²) < 4.78 is 11.3. The molecule has 0 aliphatic rings. The number of hydrogen-bond donors (Lipinski definition) is 1. The first-order valence-electron chi connectivity index (χ1n) is 5.48. The number of rotatable bonds is 8. The van der Waals surface area contributed by atoms with Gasteiger partial charge in [0.25, 0.3) is 0 Å². The standard InChI is InChI=1S/C11H25NO2/c1-6-11(4,9-12-5)14-10(3)8-13-7-2/h10,12H,6-9H2,1-5H3. The van der Waals surface area contributed by atoms with Crippen LogP contribution in [0.5, 0.6) is 0 Å². The lowest BCUT2D eigenvalue weighted by Gasteiger charge is -2.31. The van der Waals surface area contributed by atoms with Crippen LogP contribution in [0.4, 0.5) is 0 Å². The molecule has 86 valence electrons. The molecule has 2 atom stereocenters. The highest BCUT2D eigenvalue weighted by molar-refractivity contribution is 4.76. The van der Waals surface area contributed by atoms with Crippen molar-refractivity contribution in [3.63, 3.8) is 0 Å². The van der Waals surface area contributed by atoms with E-state index in [1.807, 2.05) is 14.0 Å². The second kappa shape index (κ2) is 7.21. The summed E-state index contributed by atoms with van der Waals surface area (Å²) in [4.78, 5) is 0. The van der Waals surface area contributed by atoms with Crippen molar-refractivity contribution in [1.82, 2.24) is 5.32 Å². The Balaban J connectivity index is 3.89. The zero-order valence-corrected chi connectivity index (χ0v) is 10.2. The molecular formula is C11H25NO2. The van der Waals surface area contributed by atoms with E-state index in [4.69, 9.17) is 9.47 Å². The van der Waals surface area contributed by atoms with Crippen LogP contribution in [0.25, 0.3) is 0 Å². The Bertz CT molecular complexity index is 141. The Morgan fingerprint density at radius 3 is 2.43 bits per heavy atom. The third kappa shape index (κ3) is 5.58. The van der Waals surface area contributed by atoms with Gasteiger partial charge in [0.05, 0.1) is 18.3 Å². The van der Waals surface area contributed by atoms with E-state index in [1.165, 1.54) is 0 Å². The summed E-state index contributed by atoms with van der Waals surface area (Å²) in [6.45, 7) is 10.6. The molecule has 0 aliphatic heterocycles. The SMILES string of the molecule is CCOCC(C)OC(C)(CC)CNC. The lowest BCUT2D eigenvalue weighted by Crippen LogP contribution is -2.42. The molecule has 0 aromatic rings. The van der Waals surface area contributed by atoms with Gasteiger partial charge < -0.3 is 14.8 Å². The average molecular weight is 203 g/mol. The minimum absolute atomic E-state index is 0.0781. The molecular weight excluding hydrogens is 178 g/mol. The zero-order valence-electron chi connectivity index (χ0n) is 10.2. The van der Waals surface area contributed by atoms with Crippen LogP contribution in [-0.4, -0.2) is 38.5 Å². The average Bonchev–Trinajstić information content (AvgIpc) is 2.15. The van der Waals surface area contributed by atoms with E-state index in [1.54, 1.807) is 0 Å². The molecule has 0 spiro atoms. The normalized spacial score (nSPS) is 17.8. The van der Waals surface area contributed by atoms with Crippen LogP contribution in [0.2, 0.25) is 0 Å². The molecule has 2 unspecified atom stereocenters. The Morgan fingerprint density at radius 2 is 2.00 bits per heavy atom. The van der Waals surface area contributed by atoms with Crippen LogP contribution in [0.3, 0.4) is 0 Å². The van der Waals surface area contributed by atoms with Gasteiger partial charge in [0.15, 0.2) is 0 Å². The lowest BCUT2D eigenvalue weighted by molar-refractivity contribution is -0.101. The molecule has 0 amide bonds. The maximum absolute atomic E-state index is 5.94. The Hall–Kier alpha value is -0.120. The fourth-order valence-electron chi connectivity index (χ4n) is 1.43. The quantitative estimate of drug-likeness (QED) is 0.652. The van der Waals surface area contributed by atoms with Gasteiger partial charge in [-0.1, -0.05) is 6.92 Å². The van der Waals surface area contributed by atoms with Gasteiger partial charge in [0.1, 0.15) is 0 Å². The Kier molecular flexibility index (Phi) is 7.15. The van der Waals surface area contributed by atoms with Crippen LogP contribution >= 0.6 is 0 Å². The fraction of sp³-hybridized carbons (Fsp3) is 1.00. The van der Waals surface area contributed by atoms with E-state index < -0.39 is 0 Å². The molecule has 0 aromatic carbocycles. The van der Waals surface area contributed by atoms with Crippen molar-refractivity contribution >= 4 is 0 Å². The summed E-state index contributed by atoms with van der Waals surface area (Å²) in [7, 11) is 1.95. The van der Waals surface area contributed by atoms with E-state index in [-0.39, 0.29) is 11.7 Å². The van der Waals surface area contributed by atoms with Crippen LogP contribution in [-0.2, 0) is 9.47 Å². The highest BCUT2D eigenvalue weighted by Gasteiger charge is 2.24. The van der Waals surface area contributed by atoms with Gasteiger partial charge in [-0.05, 0) is 34.2 Å². The lowest BCUT2D eigenvalue weighted by atomic mass is 10.0. The first-order valence-corrected chi connectivity index (χ1v) is 5.48. The number of nitrogens with one attached hydrogen (secondary N) is 1. The predicted octanol–water partition coefficient (Wildman–Crippen LogP) is 1.82. The Morgan fingerprint density at radius 1 is 1.36 bits per heavy atom. The van der Waals surface area contributed by atoms with Crippen molar-refractivity contribution in [2.24, 2.45) is 0 Å². The third-order valence-electron chi connectivity index (χ3n) is 2.34. The molecule has 3 heteroatoms. The molecule has 3 nitrogen and oxygen atoms in total. The van der Waals surface area contributed by atoms with E-state index in [2.05, 4.69) is 26.1 Å². The molecule has 14 heavy (non-hydrogen) atoms. The van der Waals surface area contributed by atoms with Crippen LogP contribution in [0.15, 0.2) is 0 Å². The van der Waals surface area contributed by atoms with Gasteiger partial charge in [0, 0.05) is 13.2 Å². The predicted molar refractivity (Wildman–Crippen MR) is 59.7 cm³/mol. The topological polar surface area (TPSA) is 30.5 Å². The summed E-state index contributed by atoms with van der Waals surface area (Å²) in [6, 6.07) is 0. The van der Waals surface area contributed by atoms with Crippen molar-refractivity contribution in [2.75, 3.05) is 26.8 Å². The molecule has 0 rings (SSSR count). The van der Waals surface area contributed by atoms with Gasteiger partial charge in [-0.3, -0.25) is 0 Å². The molecule has 0 heterocycles. The molecule has 0 saturated carbocycles. The maximum Gasteiger partial charge on any atom is 0.0788 e. The highest BCUT2D eigenvalue weighted by Crippen LogP contribution is 2.16. The smallest absolute Gasteiger partial charge is 0.0788 e. The molecule has 1 N–H and O–H groups in total. The van der Waals surface area contributed by atoms with Crippen molar-refractivity contribution in [3.05, 3.63) is 0 Å². The van der Waals surface area contributed by atoms with Gasteiger partial charge in [-0.15, -0.1) is 0 Å². The van der Waals surface area contributed by atoms with E-state index >= 15 is 0 Å². The van der Waals surface area contributed by atoms with Gasteiger partial charge in [-0.2, -0.15) is 0 Å². The fourth-order valence-corrected chi connectivity index (χ4v) is 1.43. The second-order valence-electron chi connectivity index (χ2n) is 3.92. The minimum atomic E-state index is -0.0781. The molecule has 0 bridgehead atoms. The number of ether oxygens (including phenoxy) is 2. The van der Waals surface area contributed by atoms with Crippen LogP contribution in [0, 0.1) is 0 Å². The van der Waals surface area contributed by atoms with Crippen molar-refractivity contribution < 1.29 is 9.47 Å². The molecule has 0 radical (unpaired) electrons. The van der Waals surface area contributed by atoms with Crippen molar-refractivity contribution in [2.45, 2.75) is 45.8 Å². The largest absolute Gasteiger partial charge is 0.379 e. The summed E-state index contributed by atoms with van der Waals surface area (Å²) in [5.41, 5.74) is -0.0781. The number of likely N-dealkylation sites (N-methyl/N-ethyl adjacent to an activating group) is 1. The molecule has 0 aliphatic carbocycles. The summed E-state index contributed by atoms with van der Waals surface area (Å²) in [5, 5.41) is 3.15. The summed E-state index contributed by atoms with van der Waals surface area (Å²) in [5.74, 6) is 0. The zero-order chi connectivity index (χ0) is 11.0. The van der Waals surface area contributed by atoms with Crippen molar-refractivity contribution in [3.8, 4) is 0 Å². The van der Waals surface area contributed by atoms with E-state index in [0.29, 0.717) is 6.61 Å². The first-order chi connectivity index (χ1) is 6.58. The summed E-state index contributed by atoms with van der Waals surface area (Å²) >= 11 is 0. The van der Waals surface area contributed by atoms with E-state index in [9.17, 15) is 0 Å². The van der Waals surface area contributed by atoms with Gasteiger partial charge in [-0.25, -0.2) is 0 Å². The first kappa shape index (κ1) is 13.9. The van der Waals surface area contributed by atoms with Gasteiger partial charge in [0.2, 0.25) is 0 Å². The van der Waals surface area contributed by atoms with Crippen LogP contribution in [0.1, 0.15) is 34.1 Å². The van der Waals surface area contributed by atoms with Crippen molar-refractivity contribution in [1.29, 1.82) is 0 Å². The van der Waals surface area contributed by atoms with Crippen LogP contribution < -0.4 is 5.32 Å². The second-order valence-corrected chi connectivity index (χ2v) is 3.92. The van der Waals surface area contributed by atoms with Gasteiger partial charge >= 0.3 is 0 Å². The highest BCUT2D eigenvalue weighted by atomic mass is 16.5. The third-order valence-corrected chi connectivity index (χ3v) is 2.34.